The summed E-state index contributed by atoms with van der Waals surface area (Å²) in [7, 11) is 0. The van der Waals surface area contributed by atoms with Crippen molar-refractivity contribution in [3.63, 3.8) is 0 Å². The summed E-state index contributed by atoms with van der Waals surface area (Å²) in [6, 6.07) is 0. The minimum absolute atomic E-state index is 0.0436. The summed E-state index contributed by atoms with van der Waals surface area (Å²) in [6.45, 7) is 10.9. The molecule has 0 aromatic rings. The van der Waals surface area contributed by atoms with Crippen LogP contribution in [0.2, 0.25) is 0 Å². The topological polar surface area (TPSA) is 46.5 Å². The quantitative estimate of drug-likeness (QED) is 0.539. The molecule has 1 saturated carbocycles. The summed E-state index contributed by atoms with van der Waals surface area (Å²) < 4.78 is 5.76. The molecule has 0 aromatic carbocycles. The summed E-state index contributed by atoms with van der Waals surface area (Å²) >= 11 is 0. The van der Waals surface area contributed by atoms with Crippen LogP contribution in [0.15, 0.2) is 23.8 Å². The Morgan fingerprint density at radius 1 is 1.30 bits per heavy atom. The first-order chi connectivity index (χ1) is 10.8. The molecule has 2 heterocycles. The zero-order valence-corrected chi connectivity index (χ0v) is 14.7. The lowest BCUT2D eigenvalue weighted by Gasteiger charge is -2.47. The van der Waals surface area contributed by atoms with Crippen molar-refractivity contribution < 1.29 is 14.6 Å². The van der Waals surface area contributed by atoms with Gasteiger partial charge in [0.15, 0.2) is 0 Å². The molecule has 3 nitrogen and oxygen atoms in total. The van der Waals surface area contributed by atoms with Crippen molar-refractivity contribution in [2.24, 2.45) is 17.3 Å². The van der Waals surface area contributed by atoms with Gasteiger partial charge in [0.1, 0.15) is 5.60 Å². The first kappa shape index (κ1) is 16.8. The number of carbonyl (C=O) groups excluding carboxylic acids is 1. The van der Waals surface area contributed by atoms with Crippen molar-refractivity contribution in [2.75, 3.05) is 0 Å². The molecule has 23 heavy (non-hydrogen) atoms. The van der Waals surface area contributed by atoms with Crippen LogP contribution in [-0.4, -0.2) is 22.8 Å². The van der Waals surface area contributed by atoms with Crippen LogP contribution >= 0.6 is 0 Å². The highest BCUT2D eigenvalue weighted by Gasteiger charge is 2.46. The molecule has 3 heteroatoms. The molecule has 4 bridgehead atoms. The second-order valence-electron chi connectivity index (χ2n) is 8.34. The highest BCUT2D eigenvalue weighted by atomic mass is 16.6. The van der Waals surface area contributed by atoms with Gasteiger partial charge in [-0.15, -0.1) is 0 Å². The van der Waals surface area contributed by atoms with Crippen molar-refractivity contribution in [1.82, 2.24) is 0 Å². The molecule has 3 aliphatic rings. The molecule has 1 aliphatic carbocycles. The number of aliphatic hydroxyl groups excluding tert-OH is 1. The molecule has 2 fully saturated rings. The van der Waals surface area contributed by atoms with Gasteiger partial charge in [0.05, 0.1) is 6.10 Å². The van der Waals surface area contributed by atoms with E-state index in [4.69, 9.17) is 4.74 Å². The van der Waals surface area contributed by atoms with E-state index < -0.39 is 11.7 Å². The fourth-order valence-electron chi connectivity index (χ4n) is 4.69. The van der Waals surface area contributed by atoms with E-state index in [1.807, 2.05) is 13.0 Å². The Bertz CT molecular complexity index is 549. The number of aliphatic hydroxyl groups is 1. The Labute approximate surface area is 139 Å². The van der Waals surface area contributed by atoms with E-state index in [1.54, 1.807) is 0 Å². The van der Waals surface area contributed by atoms with Gasteiger partial charge >= 0.3 is 5.97 Å². The predicted molar refractivity (Wildman–Crippen MR) is 90.8 cm³/mol. The SMILES string of the molecule is C=C1[C@@H]2CC[C@H](C)[C@@]1(C)CCC1=CCC[C@@](C)(OC1=O)[C@@H](O)C2. The van der Waals surface area contributed by atoms with Gasteiger partial charge in [0.25, 0.3) is 0 Å². The molecule has 1 saturated heterocycles. The molecule has 5 atom stereocenters. The number of fused-ring (bicyclic) bond motifs is 5. The lowest BCUT2D eigenvalue weighted by molar-refractivity contribution is -0.167. The smallest absolute Gasteiger partial charge is 0.334 e. The third kappa shape index (κ3) is 2.77. The predicted octanol–water partition coefficient (Wildman–Crippen LogP) is 4.16. The zero-order valence-electron chi connectivity index (χ0n) is 14.7. The third-order valence-corrected chi connectivity index (χ3v) is 7.01. The Balaban J connectivity index is 2.00. The monoisotopic (exact) mass is 318 g/mol. The van der Waals surface area contributed by atoms with Gasteiger partial charge in [-0.1, -0.05) is 32.1 Å². The molecular weight excluding hydrogens is 288 g/mol. The van der Waals surface area contributed by atoms with Gasteiger partial charge in [-0.3, -0.25) is 0 Å². The fraction of sp³-hybridized carbons (Fsp3) is 0.750. The standard InChI is InChI=1S/C20H30O3/c1-13-7-8-16-12-17(21)20(4)10-5-6-15(18(22)23-20)9-11-19(13,3)14(16)2/h6,13,16-17,21H,2,5,7-12H2,1,3-4H3/t13-,16+,17-,19+,20+/m0/s1. The lowest BCUT2D eigenvalue weighted by atomic mass is 9.58. The average molecular weight is 318 g/mol. The molecule has 0 unspecified atom stereocenters. The summed E-state index contributed by atoms with van der Waals surface area (Å²) in [5.41, 5.74) is 1.32. The Morgan fingerprint density at radius 3 is 2.78 bits per heavy atom. The molecule has 3 rings (SSSR count). The second-order valence-corrected chi connectivity index (χ2v) is 8.34. The molecule has 0 radical (unpaired) electrons. The van der Waals surface area contributed by atoms with Gasteiger partial charge in [-0.2, -0.15) is 0 Å². The van der Waals surface area contributed by atoms with Gasteiger partial charge in [0, 0.05) is 5.57 Å². The number of ether oxygens (including phenoxy) is 1. The largest absolute Gasteiger partial charge is 0.453 e. The van der Waals surface area contributed by atoms with E-state index in [-0.39, 0.29) is 11.4 Å². The van der Waals surface area contributed by atoms with E-state index >= 15 is 0 Å². The lowest BCUT2D eigenvalue weighted by Crippen LogP contribution is -2.45. The van der Waals surface area contributed by atoms with Crippen LogP contribution in [0.1, 0.15) is 65.7 Å². The summed E-state index contributed by atoms with van der Waals surface area (Å²) in [6.07, 6.45) is 7.48. The van der Waals surface area contributed by atoms with Crippen LogP contribution in [-0.2, 0) is 9.53 Å². The second kappa shape index (κ2) is 5.77. The van der Waals surface area contributed by atoms with E-state index in [0.717, 1.165) is 37.7 Å². The Hall–Kier alpha value is -1.09. The summed E-state index contributed by atoms with van der Waals surface area (Å²) in [4.78, 5) is 12.5. The van der Waals surface area contributed by atoms with Crippen LogP contribution in [0.25, 0.3) is 0 Å². The van der Waals surface area contributed by atoms with E-state index in [1.165, 1.54) is 5.57 Å². The van der Waals surface area contributed by atoms with Crippen molar-refractivity contribution in [2.45, 2.75) is 77.4 Å². The highest BCUT2D eigenvalue weighted by Crippen LogP contribution is 2.52. The van der Waals surface area contributed by atoms with Crippen molar-refractivity contribution in [3.8, 4) is 0 Å². The number of rotatable bonds is 0. The Kier molecular flexibility index (Phi) is 4.20. The normalized spacial score (nSPS) is 44.9. The third-order valence-electron chi connectivity index (χ3n) is 7.01. The first-order valence-electron chi connectivity index (χ1n) is 9.06. The number of esters is 1. The summed E-state index contributed by atoms with van der Waals surface area (Å²) in [5.74, 6) is 0.660. The molecule has 128 valence electrons. The minimum Gasteiger partial charge on any atom is -0.453 e. The molecule has 0 aromatic heterocycles. The number of allylic oxidation sites excluding steroid dienone is 2. The van der Waals surface area contributed by atoms with E-state index in [2.05, 4.69) is 20.4 Å². The van der Waals surface area contributed by atoms with Crippen molar-refractivity contribution >= 4 is 5.97 Å². The molecule has 1 N–H and O–H groups in total. The maximum Gasteiger partial charge on any atom is 0.334 e. The van der Waals surface area contributed by atoms with Crippen LogP contribution in [0.3, 0.4) is 0 Å². The molecule has 0 amide bonds. The van der Waals surface area contributed by atoms with Gasteiger partial charge in [0.2, 0.25) is 0 Å². The van der Waals surface area contributed by atoms with Crippen molar-refractivity contribution in [1.29, 1.82) is 0 Å². The minimum atomic E-state index is -0.778. The first-order valence-corrected chi connectivity index (χ1v) is 9.06. The van der Waals surface area contributed by atoms with E-state index in [9.17, 15) is 9.90 Å². The van der Waals surface area contributed by atoms with Gasteiger partial charge in [-0.05, 0) is 69.1 Å². The van der Waals surface area contributed by atoms with Gasteiger partial charge < -0.3 is 9.84 Å². The zero-order chi connectivity index (χ0) is 16.8. The number of hydrogen-bond donors (Lipinski definition) is 1. The fourth-order valence-corrected chi connectivity index (χ4v) is 4.69. The number of carbonyl (C=O) groups is 1. The maximum atomic E-state index is 12.5. The maximum absolute atomic E-state index is 12.5. The van der Waals surface area contributed by atoms with Crippen LogP contribution in [0.5, 0.6) is 0 Å². The number of hydrogen-bond acceptors (Lipinski definition) is 3. The van der Waals surface area contributed by atoms with Crippen molar-refractivity contribution in [3.05, 3.63) is 23.8 Å². The van der Waals surface area contributed by atoms with Crippen LogP contribution < -0.4 is 0 Å². The average Bonchev–Trinajstić information content (AvgIpc) is 2.64. The molecule has 0 spiro atoms. The van der Waals surface area contributed by atoms with Crippen LogP contribution in [0, 0.1) is 17.3 Å². The molecular formula is C20H30O3. The molecule has 2 aliphatic heterocycles. The Morgan fingerprint density at radius 2 is 2.04 bits per heavy atom. The highest BCUT2D eigenvalue weighted by molar-refractivity contribution is 5.89. The van der Waals surface area contributed by atoms with Gasteiger partial charge in [-0.25, -0.2) is 4.79 Å². The van der Waals surface area contributed by atoms with Crippen LogP contribution in [0.4, 0.5) is 0 Å². The van der Waals surface area contributed by atoms with E-state index in [0.29, 0.717) is 24.7 Å². The summed E-state index contributed by atoms with van der Waals surface area (Å²) in [5, 5.41) is 10.8.